The minimum Gasteiger partial charge on any atom is -0.472 e. The lowest BCUT2D eigenvalue weighted by atomic mass is 10.1. The van der Waals surface area contributed by atoms with Gasteiger partial charge >= 0.3 is 0 Å². The maximum absolute atomic E-state index is 10.5. The van der Waals surface area contributed by atoms with Crippen LogP contribution in [-0.2, 0) is 6.54 Å². The Hall–Kier alpha value is -2.20. The van der Waals surface area contributed by atoms with Gasteiger partial charge in [0, 0.05) is 43.9 Å². The van der Waals surface area contributed by atoms with Crippen molar-refractivity contribution in [2.75, 3.05) is 26.2 Å². The molecule has 2 aromatic carbocycles. The zero-order valence-electron chi connectivity index (χ0n) is 19.4. The third-order valence-corrected chi connectivity index (χ3v) is 7.64. The quantitative estimate of drug-likeness (QED) is 0.338. The van der Waals surface area contributed by atoms with Crippen molar-refractivity contribution in [3.8, 4) is 17.0 Å². The number of aromatic nitrogens is 2. The third kappa shape index (κ3) is 5.48. The molecule has 35 heavy (non-hydrogen) atoms. The summed E-state index contributed by atoms with van der Waals surface area (Å²) in [4.78, 5) is 9.01. The van der Waals surface area contributed by atoms with E-state index < -0.39 is 12.3 Å². The molecule has 0 saturated carbocycles. The summed E-state index contributed by atoms with van der Waals surface area (Å²) in [7, 11) is 0. The Bertz CT molecular complexity index is 1300. The highest BCUT2D eigenvalue weighted by molar-refractivity contribution is 7.18. The summed E-state index contributed by atoms with van der Waals surface area (Å²) in [5.74, 6) is 1.46. The van der Waals surface area contributed by atoms with Gasteiger partial charge in [-0.25, -0.2) is 4.98 Å². The van der Waals surface area contributed by atoms with Gasteiger partial charge in [-0.05, 0) is 38.1 Å². The van der Waals surface area contributed by atoms with Gasteiger partial charge in [-0.15, -0.1) is 11.3 Å². The number of fused-ring (bicyclic) bond motifs is 1. The minimum atomic E-state index is -0.647. The number of aliphatic hydroxyl groups excluding tert-OH is 1. The summed E-state index contributed by atoms with van der Waals surface area (Å²) >= 11 is 14.3. The summed E-state index contributed by atoms with van der Waals surface area (Å²) in [6.07, 6.45) is -1.08. The van der Waals surface area contributed by atoms with Crippen molar-refractivity contribution in [1.29, 1.82) is 0 Å². The number of aryl methyl sites for hydroxylation is 1. The van der Waals surface area contributed by atoms with Crippen molar-refractivity contribution in [2.45, 2.75) is 32.7 Å². The molecule has 1 aliphatic rings. The molecular formula is C25H26Cl2N4O3S. The van der Waals surface area contributed by atoms with E-state index in [0.717, 1.165) is 47.2 Å². The first-order valence-electron chi connectivity index (χ1n) is 11.5. The largest absolute Gasteiger partial charge is 0.472 e. The minimum absolute atomic E-state index is 0.437. The van der Waals surface area contributed by atoms with E-state index in [1.807, 2.05) is 31.2 Å². The molecule has 1 unspecified atom stereocenters. The van der Waals surface area contributed by atoms with E-state index in [-0.39, 0.29) is 0 Å². The van der Waals surface area contributed by atoms with Crippen LogP contribution in [0.2, 0.25) is 10.0 Å². The molecule has 10 heteroatoms. The molecule has 0 bridgehead atoms. The lowest BCUT2D eigenvalue weighted by molar-refractivity contribution is -0.0756. The monoisotopic (exact) mass is 532 g/mol. The Labute approximate surface area is 217 Å². The van der Waals surface area contributed by atoms with Crippen molar-refractivity contribution in [3.63, 3.8) is 0 Å². The molecule has 1 fully saturated rings. The topological polar surface area (TPSA) is 74.9 Å². The van der Waals surface area contributed by atoms with Crippen LogP contribution in [0.4, 0.5) is 0 Å². The SMILES string of the molecule is Cc1nc2cc(OC([C@H](C)O)N3CCN(Cc4cc(-c5c(Cl)cccc5Cl)no4)CC3)ccc2s1. The van der Waals surface area contributed by atoms with Crippen LogP contribution in [0, 0.1) is 6.92 Å². The zero-order valence-corrected chi connectivity index (χ0v) is 21.8. The number of rotatable bonds is 7. The van der Waals surface area contributed by atoms with Crippen LogP contribution in [0.5, 0.6) is 5.75 Å². The highest BCUT2D eigenvalue weighted by Gasteiger charge is 2.29. The summed E-state index contributed by atoms with van der Waals surface area (Å²) in [6.45, 7) is 7.51. The van der Waals surface area contributed by atoms with Crippen molar-refractivity contribution in [3.05, 3.63) is 63.3 Å². The molecule has 184 valence electrons. The summed E-state index contributed by atoms with van der Waals surface area (Å²) < 4.78 is 12.9. The molecule has 1 N–H and O–H groups in total. The van der Waals surface area contributed by atoms with Gasteiger partial charge < -0.3 is 14.4 Å². The highest BCUT2D eigenvalue weighted by atomic mass is 35.5. The van der Waals surface area contributed by atoms with Gasteiger partial charge in [0.25, 0.3) is 0 Å². The Morgan fingerprint density at radius 3 is 2.57 bits per heavy atom. The molecule has 2 atom stereocenters. The first-order chi connectivity index (χ1) is 16.9. The predicted molar refractivity (Wildman–Crippen MR) is 139 cm³/mol. The third-order valence-electron chi connectivity index (χ3n) is 6.06. The number of thiazole rings is 1. The second kappa shape index (κ2) is 10.4. The highest BCUT2D eigenvalue weighted by Crippen LogP contribution is 2.34. The van der Waals surface area contributed by atoms with Gasteiger partial charge in [0.1, 0.15) is 17.5 Å². The number of benzene rings is 2. The normalized spacial score (nSPS) is 17.1. The molecule has 7 nitrogen and oxygen atoms in total. The fraction of sp³-hybridized carbons (Fsp3) is 0.360. The van der Waals surface area contributed by atoms with E-state index in [4.69, 9.17) is 32.5 Å². The molecule has 1 saturated heterocycles. The van der Waals surface area contributed by atoms with Gasteiger partial charge in [0.05, 0.1) is 31.8 Å². The molecule has 3 heterocycles. The Morgan fingerprint density at radius 1 is 1.11 bits per heavy atom. The molecule has 0 amide bonds. The molecule has 2 aromatic heterocycles. The Kier molecular flexibility index (Phi) is 7.29. The van der Waals surface area contributed by atoms with Crippen molar-refractivity contribution < 1.29 is 14.4 Å². The molecule has 1 aliphatic heterocycles. The van der Waals surface area contributed by atoms with E-state index in [0.29, 0.717) is 33.6 Å². The van der Waals surface area contributed by atoms with Gasteiger partial charge in [-0.2, -0.15) is 0 Å². The van der Waals surface area contributed by atoms with Crippen LogP contribution in [0.1, 0.15) is 17.7 Å². The standard InChI is InChI=1S/C25H26Cl2N4O3S/c1-15(32)25(33-17-6-7-23-21(12-17)28-16(2)35-23)31-10-8-30(9-11-31)14-18-13-22(29-34-18)24-19(26)4-3-5-20(24)27/h3-7,12-13,15,25,32H,8-11,14H2,1-2H3/t15-,25?/m0/s1. The van der Waals surface area contributed by atoms with Crippen LogP contribution in [0.25, 0.3) is 21.5 Å². The summed E-state index contributed by atoms with van der Waals surface area (Å²) in [6, 6.07) is 13.2. The van der Waals surface area contributed by atoms with Gasteiger partial charge in [-0.1, -0.05) is 34.4 Å². The van der Waals surface area contributed by atoms with Gasteiger partial charge in [-0.3, -0.25) is 9.80 Å². The van der Waals surface area contributed by atoms with Gasteiger partial charge in [0.15, 0.2) is 12.0 Å². The van der Waals surface area contributed by atoms with Crippen LogP contribution < -0.4 is 4.74 Å². The van der Waals surface area contributed by atoms with Gasteiger partial charge in [0.2, 0.25) is 0 Å². The smallest absolute Gasteiger partial charge is 0.178 e. The maximum Gasteiger partial charge on any atom is 0.178 e. The second-order valence-electron chi connectivity index (χ2n) is 8.70. The average molecular weight is 533 g/mol. The molecule has 0 aliphatic carbocycles. The van der Waals surface area contributed by atoms with Crippen LogP contribution in [-0.4, -0.2) is 63.6 Å². The summed E-state index contributed by atoms with van der Waals surface area (Å²) in [5.41, 5.74) is 2.23. The lowest BCUT2D eigenvalue weighted by Crippen LogP contribution is -2.55. The van der Waals surface area contributed by atoms with E-state index in [2.05, 4.69) is 19.9 Å². The number of hydrogen-bond donors (Lipinski definition) is 1. The zero-order chi connectivity index (χ0) is 24.5. The maximum atomic E-state index is 10.5. The molecule has 0 radical (unpaired) electrons. The van der Waals surface area contributed by atoms with Crippen LogP contribution >= 0.6 is 34.5 Å². The Morgan fingerprint density at radius 2 is 1.86 bits per heavy atom. The number of ether oxygens (including phenoxy) is 1. The average Bonchev–Trinajstić information content (AvgIpc) is 3.43. The fourth-order valence-electron chi connectivity index (χ4n) is 4.36. The van der Waals surface area contributed by atoms with E-state index in [9.17, 15) is 5.11 Å². The molecule has 0 spiro atoms. The van der Waals surface area contributed by atoms with Crippen molar-refractivity contribution >= 4 is 44.8 Å². The van der Waals surface area contributed by atoms with Crippen LogP contribution in [0.15, 0.2) is 47.0 Å². The first-order valence-corrected chi connectivity index (χ1v) is 13.0. The number of nitrogens with zero attached hydrogens (tertiary/aromatic N) is 4. The number of halogens is 2. The van der Waals surface area contributed by atoms with Crippen LogP contribution in [0.3, 0.4) is 0 Å². The summed E-state index contributed by atoms with van der Waals surface area (Å²) in [5, 5.41) is 16.7. The number of hydrogen-bond acceptors (Lipinski definition) is 8. The number of aliphatic hydroxyl groups is 1. The van der Waals surface area contributed by atoms with E-state index >= 15 is 0 Å². The van der Waals surface area contributed by atoms with E-state index in [1.165, 1.54) is 0 Å². The lowest BCUT2D eigenvalue weighted by Gasteiger charge is -2.39. The van der Waals surface area contributed by atoms with E-state index in [1.54, 1.807) is 36.5 Å². The molecular weight excluding hydrogens is 507 g/mol. The molecule has 4 aromatic rings. The predicted octanol–water partition coefficient (Wildman–Crippen LogP) is 5.47. The van der Waals surface area contributed by atoms with Crippen molar-refractivity contribution in [1.82, 2.24) is 19.9 Å². The number of piperazine rings is 1. The first kappa shape index (κ1) is 24.5. The Balaban J connectivity index is 1.20. The second-order valence-corrected chi connectivity index (χ2v) is 10.7. The van der Waals surface area contributed by atoms with Crippen molar-refractivity contribution in [2.24, 2.45) is 0 Å². The fourth-order valence-corrected chi connectivity index (χ4v) is 5.76. The molecule has 5 rings (SSSR count).